The second kappa shape index (κ2) is 16.7. The number of rotatable bonds is 12. The number of imide groups is 2. The summed E-state index contributed by atoms with van der Waals surface area (Å²) in [5.41, 5.74) is 3.34. The molecule has 2 aliphatic heterocycles. The van der Waals surface area contributed by atoms with Crippen molar-refractivity contribution in [1.82, 2.24) is 20.4 Å². The number of amides is 10. The summed E-state index contributed by atoms with van der Waals surface area (Å²) in [6, 6.07) is 38.1. The minimum absolute atomic E-state index is 0.0902. The van der Waals surface area contributed by atoms with Gasteiger partial charge in [-0.05, 0) is 59.7 Å². The summed E-state index contributed by atoms with van der Waals surface area (Å²) in [6.07, 6.45) is 0. The van der Waals surface area contributed by atoms with Gasteiger partial charge in [-0.3, -0.25) is 9.59 Å². The van der Waals surface area contributed by atoms with Crippen molar-refractivity contribution in [3.63, 3.8) is 0 Å². The molecule has 0 radical (unpaired) electrons. The molecule has 14 nitrogen and oxygen atoms in total. The van der Waals surface area contributed by atoms with Crippen LogP contribution in [0.2, 0.25) is 0 Å². The van der Waals surface area contributed by atoms with Gasteiger partial charge in [-0.1, -0.05) is 97.1 Å². The van der Waals surface area contributed by atoms with E-state index in [0.717, 1.165) is 20.9 Å². The van der Waals surface area contributed by atoms with E-state index >= 15 is 0 Å². The Balaban J connectivity index is 1.02. The average Bonchev–Trinajstić information content (AvgIpc) is 3.66. The van der Waals surface area contributed by atoms with Crippen LogP contribution >= 0.6 is 0 Å². The molecule has 14 heteroatoms. The first kappa shape index (κ1) is 36.9. The van der Waals surface area contributed by atoms with Crippen LogP contribution in [0.25, 0.3) is 0 Å². The van der Waals surface area contributed by atoms with Gasteiger partial charge in [-0.25, -0.2) is 29.0 Å². The first-order valence-electron chi connectivity index (χ1n) is 17.9. The maximum atomic E-state index is 13.7. The third-order valence-corrected chi connectivity index (χ3v) is 9.27. The van der Waals surface area contributed by atoms with E-state index in [2.05, 4.69) is 21.3 Å². The molecule has 0 bridgehead atoms. The molecule has 282 valence electrons. The molecule has 2 saturated heterocycles. The number of benzene rings is 5. The summed E-state index contributed by atoms with van der Waals surface area (Å²) in [5.74, 6) is -0.941. The van der Waals surface area contributed by atoms with Gasteiger partial charge in [0.2, 0.25) is 0 Å². The van der Waals surface area contributed by atoms with Crippen molar-refractivity contribution in [3.8, 4) is 0 Å². The fourth-order valence-corrected chi connectivity index (χ4v) is 6.48. The molecule has 5 aromatic carbocycles. The molecule has 10 amide bonds. The van der Waals surface area contributed by atoms with Gasteiger partial charge >= 0.3 is 24.1 Å². The molecule has 5 aromatic rings. The fraction of sp³-hybridized carbons (Fsp3) is 0.143. The molecule has 7 rings (SSSR count). The lowest BCUT2D eigenvalue weighted by atomic mass is 10.2. The van der Waals surface area contributed by atoms with Gasteiger partial charge in [0, 0.05) is 24.5 Å². The SMILES string of the molecule is O=C(Nc1ccc(NC(=O)N(Cc2ccccc2)CC2NC(=O)N(c3ccccc3)C2=O)cc1)N(Cc1ccccc1)CC1NC(=O)N(c2ccccc2)C1=O. The van der Waals surface area contributed by atoms with Crippen LogP contribution in [0.3, 0.4) is 0 Å². The highest BCUT2D eigenvalue weighted by Gasteiger charge is 2.42. The van der Waals surface area contributed by atoms with Crippen LogP contribution in [0.1, 0.15) is 11.1 Å². The van der Waals surface area contributed by atoms with E-state index < -0.39 is 48.0 Å². The lowest BCUT2D eigenvalue weighted by molar-refractivity contribution is -0.119. The van der Waals surface area contributed by atoms with E-state index in [0.29, 0.717) is 22.7 Å². The topological polar surface area (TPSA) is 164 Å². The second-order valence-electron chi connectivity index (χ2n) is 13.2. The quantitative estimate of drug-likeness (QED) is 0.114. The Bertz CT molecular complexity index is 2050. The van der Waals surface area contributed by atoms with Crippen molar-refractivity contribution in [3.05, 3.63) is 157 Å². The van der Waals surface area contributed by atoms with Crippen LogP contribution in [0.15, 0.2) is 146 Å². The number of carbonyl (C=O) groups excluding carboxylic acids is 6. The van der Waals surface area contributed by atoms with Gasteiger partial charge in [0.15, 0.2) is 0 Å². The standard InChI is InChI=1S/C42H38N8O6/c51-37-35(45-41(55)49(37)33-17-9-3-10-18-33)27-47(25-29-13-5-1-6-14-29)39(53)43-31-21-23-32(24-22-31)44-40(54)48(26-30-15-7-2-8-16-30)28-36-38(52)50(42(56)46-36)34-19-11-4-12-20-34/h1-24,35-36H,25-28H2,(H,43,53)(H,44,54)(H,45,55)(H,46,56). The molecule has 4 N–H and O–H groups in total. The van der Waals surface area contributed by atoms with Crippen molar-refractivity contribution in [2.75, 3.05) is 33.5 Å². The highest BCUT2D eigenvalue weighted by Crippen LogP contribution is 2.23. The summed E-state index contributed by atoms with van der Waals surface area (Å²) in [6.45, 7) is 0.145. The molecule has 2 fully saturated rings. The Morgan fingerprint density at radius 2 is 0.804 bits per heavy atom. The number of carbonyl (C=O) groups is 6. The zero-order chi connectivity index (χ0) is 39.0. The van der Waals surface area contributed by atoms with E-state index in [9.17, 15) is 28.8 Å². The number of nitrogens with one attached hydrogen (secondary N) is 4. The van der Waals surface area contributed by atoms with E-state index in [1.54, 1.807) is 84.9 Å². The van der Waals surface area contributed by atoms with E-state index in [1.165, 1.54) is 9.80 Å². The number of hydrogen-bond acceptors (Lipinski definition) is 6. The third kappa shape index (κ3) is 8.50. The molecule has 2 heterocycles. The van der Waals surface area contributed by atoms with Crippen LogP contribution in [-0.2, 0) is 22.7 Å². The molecule has 0 saturated carbocycles. The molecule has 2 aliphatic rings. The van der Waals surface area contributed by atoms with Crippen molar-refractivity contribution in [1.29, 1.82) is 0 Å². The van der Waals surface area contributed by atoms with E-state index in [-0.39, 0.29) is 26.2 Å². The first-order valence-corrected chi connectivity index (χ1v) is 17.9. The summed E-state index contributed by atoms with van der Waals surface area (Å²) in [4.78, 5) is 84.9. The lowest BCUT2D eigenvalue weighted by Gasteiger charge is -2.26. The van der Waals surface area contributed by atoms with Crippen LogP contribution in [-0.4, -0.2) is 70.9 Å². The second-order valence-corrected chi connectivity index (χ2v) is 13.2. The molecule has 0 spiro atoms. The van der Waals surface area contributed by atoms with Gasteiger partial charge in [-0.15, -0.1) is 0 Å². The predicted octanol–water partition coefficient (Wildman–Crippen LogP) is 6.00. The molecular weight excluding hydrogens is 713 g/mol. The minimum Gasteiger partial charge on any atom is -0.324 e. The lowest BCUT2D eigenvalue weighted by Crippen LogP contribution is -2.46. The highest BCUT2D eigenvalue weighted by atomic mass is 16.2. The largest absolute Gasteiger partial charge is 0.329 e. The van der Waals surface area contributed by atoms with Gasteiger partial charge < -0.3 is 31.1 Å². The smallest absolute Gasteiger partial charge is 0.324 e. The van der Waals surface area contributed by atoms with Gasteiger partial charge in [0.1, 0.15) is 12.1 Å². The average molecular weight is 751 g/mol. The number of para-hydroxylation sites is 2. The number of urea groups is 4. The molecule has 0 aromatic heterocycles. The zero-order valence-corrected chi connectivity index (χ0v) is 30.1. The molecule has 2 unspecified atom stereocenters. The normalized spacial score (nSPS) is 16.3. The zero-order valence-electron chi connectivity index (χ0n) is 30.1. The fourth-order valence-electron chi connectivity index (χ4n) is 6.48. The van der Waals surface area contributed by atoms with Crippen molar-refractivity contribution >= 4 is 58.7 Å². The summed E-state index contributed by atoms with van der Waals surface area (Å²) >= 11 is 0. The Kier molecular flexibility index (Phi) is 11.0. The maximum absolute atomic E-state index is 13.7. The molecule has 0 aliphatic carbocycles. The third-order valence-electron chi connectivity index (χ3n) is 9.27. The predicted molar refractivity (Wildman–Crippen MR) is 211 cm³/mol. The maximum Gasteiger partial charge on any atom is 0.329 e. The number of hydrogen-bond donors (Lipinski definition) is 4. The van der Waals surface area contributed by atoms with Gasteiger partial charge in [0.05, 0.1) is 24.5 Å². The van der Waals surface area contributed by atoms with Crippen LogP contribution in [0.5, 0.6) is 0 Å². The summed E-state index contributed by atoms with van der Waals surface area (Å²) < 4.78 is 0. The van der Waals surface area contributed by atoms with Crippen molar-refractivity contribution in [2.45, 2.75) is 25.2 Å². The van der Waals surface area contributed by atoms with Crippen LogP contribution in [0.4, 0.5) is 41.9 Å². The van der Waals surface area contributed by atoms with Crippen molar-refractivity contribution < 1.29 is 28.8 Å². The summed E-state index contributed by atoms with van der Waals surface area (Å²) in [5, 5.41) is 11.1. The van der Waals surface area contributed by atoms with Gasteiger partial charge in [-0.2, -0.15) is 0 Å². The van der Waals surface area contributed by atoms with E-state index in [1.807, 2.05) is 60.7 Å². The Morgan fingerprint density at radius 1 is 0.482 bits per heavy atom. The Hall–Kier alpha value is -7.48. The number of anilines is 4. The minimum atomic E-state index is -0.970. The number of nitrogens with zero attached hydrogens (tertiary/aromatic N) is 4. The Labute approximate surface area is 322 Å². The molecule has 2 atom stereocenters. The van der Waals surface area contributed by atoms with Crippen LogP contribution < -0.4 is 31.1 Å². The Morgan fingerprint density at radius 3 is 1.14 bits per heavy atom. The molecule has 56 heavy (non-hydrogen) atoms. The summed E-state index contributed by atoms with van der Waals surface area (Å²) in [7, 11) is 0. The first-order chi connectivity index (χ1) is 27.2. The molecular formula is C42H38N8O6. The van der Waals surface area contributed by atoms with Crippen molar-refractivity contribution in [2.24, 2.45) is 0 Å². The van der Waals surface area contributed by atoms with Crippen LogP contribution in [0, 0.1) is 0 Å². The van der Waals surface area contributed by atoms with E-state index in [4.69, 9.17) is 0 Å². The monoisotopic (exact) mass is 750 g/mol. The highest BCUT2D eigenvalue weighted by molar-refractivity contribution is 6.22. The van der Waals surface area contributed by atoms with Gasteiger partial charge in [0.25, 0.3) is 11.8 Å².